The number of nitrogens with zero attached hydrogens (tertiary/aromatic N) is 3. The molecule has 0 amide bonds. The molecule has 2 heterocycles. The number of hydrogen-bond donors (Lipinski definition) is 1. The van der Waals surface area contributed by atoms with Gasteiger partial charge in [-0.15, -0.1) is 0 Å². The predicted molar refractivity (Wildman–Crippen MR) is 67.1 cm³/mol. The SMILES string of the molecule is Cc1nn(C)c(Cc2cnccc2N)c1Br. The first kappa shape index (κ1) is 11.1. The van der Waals surface area contributed by atoms with Gasteiger partial charge < -0.3 is 5.73 Å². The normalized spacial score (nSPS) is 10.7. The highest BCUT2D eigenvalue weighted by Gasteiger charge is 2.12. The van der Waals surface area contributed by atoms with Crippen molar-refractivity contribution in [2.24, 2.45) is 7.05 Å². The first-order valence-electron chi connectivity index (χ1n) is 4.96. The third-order valence-electron chi connectivity index (χ3n) is 2.56. The molecule has 2 N–H and O–H groups in total. The number of hydrogen-bond acceptors (Lipinski definition) is 3. The van der Waals surface area contributed by atoms with Gasteiger partial charge in [0.2, 0.25) is 0 Å². The summed E-state index contributed by atoms with van der Waals surface area (Å²) >= 11 is 3.54. The zero-order valence-electron chi connectivity index (χ0n) is 9.24. The molecule has 0 aliphatic carbocycles. The van der Waals surface area contributed by atoms with Crippen molar-refractivity contribution >= 4 is 21.6 Å². The van der Waals surface area contributed by atoms with Crippen molar-refractivity contribution in [2.45, 2.75) is 13.3 Å². The molecule has 0 atom stereocenters. The van der Waals surface area contributed by atoms with Gasteiger partial charge in [0, 0.05) is 31.5 Å². The van der Waals surface area contributed by atoms with Crippen molar-refractivity contribution in [2.75, 3.05) is 5.73 Å². The Bertz CT molecular complexity index is 519. The summed E-state index contributed by atoms with van der Waals surface area (Å²) in [6.45, 7) is 1.97. The number of nitrogen functional groups attached to an aromatic ring is 1. The van der Waals surface area contributed by atoms with Crippen LogP contribution >= 0.6 is 15.9 Å². The standard InChI is InChI=1S/C11H13BrN4/c1-7-11(12)10(16(2)15-7)5-8-6-14-4-3-9(8)13/h3-4,6H,5H2,1-2H3,(H2,13,14). The van der Waals surface area contributed by atoms with Gasteiger partial charge in [0.1, 0.15) is 0 Å². The van der Waals surface area contributed by atoms with Gasteiger partial charge in [0.05, 0.1) is 15.9 Å². The first-order chi connectivity index (χ1) is 7.59. The smallest absolute Gasteiger partial charge is 0.0738 e. The monoisotopic (exact) mass is 280 g/mol. The lowest BCUT2D eigenvalue weighted by molar-refractivity contribution is 0.716. The summed E-state index contributed by atoms with van der Waals surface area (Å²) in [5.74, 6) is 0. The minimum absolute atomic E-state index is 0.734. The van der Waals surface area contributed by atoms with Gasteiger partial charge >= 0.3 is 0 Å². The Morgan fingerprint density at radius 2 is 2.25 bits per heavy atom. The van der Waals surface area contributed by atoms with Crippen molar-refractivity contribution in [3.05, 3.63) is 39.9 Å². The maximum atomic E-state index is 5.89. The van der Waals surface area contributed by atoms with Crippen LogP contribution in [-0.2, 0) is 13.5 Å². The Hall–Kier alpha value is -1.36. The summed E-state index contributed by atoms with van der Waals surface area (Å²) in [5.41, 5.74) is 9.77. The highest BCUT2D eigenvalue weighted by Crippen LogP contribution is 2.24. The molecule has 16 heavy (non-hydrogen) atoms. The van der Waals surface area contributed by atoms with Crippen LogP contribution < -0.4 is 5.73 Å². The maximum Gasteiger partial charge on any atom is 0.0738 e. The van der Waals surface area contributed by atoms with Gasteiger partial charge in [-0.1, -0.05) is 0 Å². The second kappa shape index (κ2) is 4.25. The highest BCUT2D eigenvalue weighted by atomic mass is 79.9. The van der Waals surface area contributed by atoms with Gasteiger partial charge in [-0.05, 0) is 34.5 Å². The molecule has 84 valence electrons. The van der Waals surface area contributed by atoms with E-state index in [4.69, 9.17) is 5.73 Å². The van der Waals surface area contributed by atoms with Crippen LogP contribution in [0.5, 0.6) is 0 Å². The minimum atomic E-state index is 0.734. The van der Waals surface area contributed by atoms with Crippen molar-refractivity contribution in [1.82, 2.24) is 14.8 Å². The Kier molecular flexibility index (Phi) is 2.96. The van der Waals surface area contributed by atoms with Gasteiger partial charge in [-0.2, -0.15) is 5.10 Å². The Morgan fingerprint density at radius 3 is 2.81 bits per heavy atom. The van der Waals surface area contributed by atoms with Gasteiger partial charge in [0.15, 0.2) is 0 Å². The molecule has 0 aromatic carbocycles. The Morgan fingerprint density at radius 1 is 1.50 bits per heavy atom. The summed E-state index contributed by atoms with van der Waals surface area (Å²) in [5, 5.41) is 4.34. The second-order valence-electron chi connectivity index (χ2n) is 3.72. The van der Waals surface area contributed by atoms with Crippen LogP contribution in [0.4, 0.5) is 5.69 Å². The van der Waals surface area contributed by atoms with Gasteiger partial charge in [-0.25, -0.2) is 0 Å². The lowest BCUT2D eigenvalue weighted by Gasteiger charge is -2.05. The van der Waals surface area contributed by atoms with Crippen molar-refractivity contribution in [1.29, 1.82) is 0 Å². The molecule has 0 saturated heterocycles. The van der Waals surface area contributed by atoms with E-state index in [0.717, 1.165) is 33.5 Å². The van der Waals surface area contributed by atoms with Gasteiger partial charge in [0.25, 0.3) is 0 Å². The largest absolute Gasteiger partial charge is 0.398 e. The second-order valence-corrected chi connectivity index (χ2v) is 4.51. The van der Waals surface area contributed by atoms with E-state index in [1.54, 1.807) is 12.4 Å². The number of pyridine rings is 1. The molecule has 0 aliphatic rings. The molecule has 0 radical (unpaired) electrons. The molecule has 0 spiro atoms. The molecule has 2 rings (SSSR count). The number of aryl methyl sites for hydroxylation is 2. The molecule has 0 saturated carbocycles. The summed E-state index contributed by atoms with van der Waals surface area (Å²) in [7, 11) is 1.93. The van der Waals surface area contributed by atoms with E-state index in [9.17, 15) is 0 Å². The van der Waals surface area contributed by atoms with Crippen molar-refractivity contribution in [3.8, 4) is 0 Å². The van der Waals surface area contributed by atoms with Crippen molar-refractivity contribution in [3.63, 3.8) is 0 Å². The fourth-order valence-electron chi connectivity index (χ4n) is 1.64. The summed E-state index contributed by atoms with van der Waals surface area (Å²) < 4.78 is 2.91. The number of aromatic nitrogens is 3. The van der Waals surface area contributed by atoms with E-state index >= 15 is 0 Å². The number of nitrogens with two attached hydrogens (primary N) is 1. The van der Waals surface area contributed by atoms with Crippen LogP contribution in [0.3, 0.4) is 0 Å². The summed E-state index contributed by atoms with van der Waals surface area (Å²) in [4.78, 5) is 4.08. The molecule has 0 bridgehead atoms. The molecule has 5 heteroatoms. The van der Waals surface area contributed by atoms with Crippen LogP contribution in [0.1, 0.15) is 17.0 Å². The van der Waals surface area contributed by atoms with Crippen LogP contribution in [-0.4, -0.2) is 14.8 Å². The fourth-order valence-corrected chi connectivity index (χ4v) is 2.11. The molecular formula is C11H13BrN4. The number of rotatable bonds is 2. The minimum Gasteiger partial charge on any atom is -0.398 e. The summed E-state index contributed by atoms with van der Waals surface area (Å²) in [6, 6.07) is 1.81. The molecule has 0 aliphatic heterocycles. The van der Waals surface area contributed by atoms with Crippen LogP contribution in [0.2, 0.25) is 0 Å². The molecule has 4 nitrogen and oxygen atoms in total. The highest BCUT2D eigenvalue weighted by molar-refractivity contribution is 9.10. The van der Waals surface area contributed by atoms with E-state index < -0.39 is 0 Å². The Balaban J connectivity index is 2.38. The predicted octanol–water partition coefficient (Wildman–Crippen LogP) is 2.06. The van der Waals surface area contributed by atoms with Crippen molar-refractivity contribution < 1.29 is 0 Å². The number of halogens is 1. The van der Waals surface area contributed by atoms with E-state index in [2.05, 4.69) is 26.0 Å². The van der Waals surface area contributed by atoms with E-state index in [0.29, 0.717) is 0 Å². The summed E-state index contributed by atoms with van der Waals surface area (Å²) in [6.07, 6.45) is 4.23. The fraction of sp³-hybridized carbons (Fsp3) is 0.273. The quantitative estimate of drug-likeness (QED) is 0.916. The molecule has 0 fully saturated rings. The zero-order valence-corrected chi connectivity index (χ0v) is 10.8. The zero-order chi connectivity index (χ0) is 11.7. The van der Waals surface area contributed by atoms with Crippen LogP contribution in [0.25, 0.3) is 0 Å². The van der Waals surface area contributed by atoms with Crippen LogP contribution in [0.15, 0.2) is 22.9 Å². The van der Waals surface area contributed by atoms with E-state index in [1.807, 2.05) is 24.7 Å². The first-order valence-corrected chi connectivity index (χ1v) is 5.75. The van der Waals surface area contributed by atoms with Gasteiger partial charge in [-0.3, -0.25) is 9.67 Å². The lowest BCUT2D eigenvalue weighted by Crippen LogP contribution is -2.02. The molecule has 2 aromatic rings. The molecule has 0 unspecified atom stereocenters. The van der Waals surface area contributed by atoms with E-state index in [-0.39, 0.29) is 0 Å². The molecule has 2 aromatic heterocycles. The lowest BCUT2D eigenvalue weighted by atomic mass is 10.1. The third-order valence-corrected chi connectivity index (χ3v) is 3.59. The third kappa shape index (κ3) is 1.95. The van der Waals surface area contributed by atoms with Crippen LogP contribution in [0, 0.1) is 6.92 Å². The number of anilines is 1. The average molecular weight is 281 g/mol. The maximum absolute atomic E-state index is 5.89. The van der Waals surface area contributed by atoms with E-state index in [1.165, 1.54) is 0 Å². The average Bonchev–Trinajstić information content (AvgIpc) is 2.48. The topological polar surface area (TPSA) is 56.7 Å². The Labute approximate surface area is 103 Å². The molecular weight excluding hydrogens is 268 g/mol.